The summed E-state index contributed by atoms with van der Waals surface area (Å²) >= 11 is 0. The van der Waals surface area contributed by atoms with Crippen LogP contribution in [-0.4, -0.2) is 47.5 Å². The molecule has 1 heterocycles. The van der Waals surface area contributed by atoms with Crippen molar-refractivity contribution < 1.29 is 27.1 Å². The molecule has 0 spiro atoms. The Hall–Kier alpha value is -2.61. The Kier molecular flexibility index (Phi) is 6.42. The van der Waals surface area contributed by atoms with E-state index in [9.17, 15) is 22.4 Å². The Bertz CT molecular complexity index is 876. The molecule has 0 unspecified atom stereocenters. The van der Waals surface area contributed by atoms with Crippen molar-refractivity contribution in [2.75, 3.05) is 19.7 Å². The van der Waals surface area contributed by atoms with Crippen LogP contribution in [-0.2, 0) is 11.3 Å². The predicted molar refractivity (Wildman–Crippen MR) is 99.3 cm³/mol. The van der Waals surface area contributed by atoms with Crippen molar-refractivity contribution in [3.05, 3.63) is 65.2 Å². The number of halogens is 4. The SMILES string of the molecule is C[C@@H]1CN(Cc2ccc(F)cc2)[C@@H](C)CN1C(=O)COc1c(F)ccc(F)c1F. The topological polar surface area (TPSA) is 32.8 Å². The van der Waals surface area contributed by atoms with E-state index in [1.807, 2.05) is 13.8 Å². The zero-order chi connectivity index (χ0) is 21.1. The molecular weight excluding hydrogens is 388 g/mol. The van der Waals surface area contributed by atoms with Gasteiger partial charge in [0.2, 0.25) is 5.82 Å². The molecule has 2 aromatic carbocycles. The van der Waals surface area contributed by atoms with Crippen LogP contribution in [0.2, 0.25) is 0 Å². The van der Waals surface area contributed by atoms with E-state index in [1.165, 1.54) is 12.1 Å². The van der Waals surface area contributed by atoms with Crippen LogP contribution in [0.1, 0.15) is 19.4 Å². The highest BCUT2D eigenvalue weighted by Gasteiger charge is 2.32. The lowest BCUT2D eigenvalue weighted by molar-refractivity contribution is -0.139. The first-order chi connectivity index (χ1) is 13.8. The normalized spacial score (nSPS) is 20.0. The van der Waals surface area contributed by atoms with Gasteiger partial charge in [-0.3, -0.25) is 9.69 Å². The minimum Gasteiger partial charge on any atom is -0.478 e. The third kappa shape index (κ3) is 4.87. The zero-order valence-electron chi connectivity index (χ0n) is 16.2. The Morgan fingerprint density at radius 1 is 0.966 bits per heavy atom. The van der Waals surface area contributed by atoms with Crippen LogP contribution in [0, 0.1) is 23.3 Å². The Morgan fingerprint density at radius 2 is 1.62 bits per heavy atom. The van der Waals surface area contributed by atoms with Crippen molar-refractivity contribution in [1.82, 2.24) is 9.80 Å². The Morgan fingerprint density at radius 3 is 2.31 bits per heavy atom. The zero-order valence-corrected chi connectivity index (χ0v) is 16.2. The molecule has 1 aliphatic rings. The summed E-state index contributed by atoms with van der Waals surface area (Å²) in [4.78, 5) is 16.3. The third-order valence-corrected chi connectivity index (χ3v) is 5.08. The van der Waals surface area contributed by atoms with Crippen molar-refractivity contribution in [3.8, 4) is 5.75 Å². The van der Waals surface area contributed by atoms with Gasteiger partial charge < -0.3 is 9.64 Å². The summed E-state index contributed by atoms with van der Waals surface area (Å²) in [6.07, 6.45) is 0. The molecule has 1 fully saturated rings. The summed E-state index contributed by atoms with van der Waals surface area (Å²) in [5, 5.41) is 0. The lowest BCUT2D eigenvalue weighted by atomic mass is 10.1. The second-order valence-corrected chi connectivity index (χ2v) is 7.26. The van der Waals surface area contributed by atoms with Crippen molar-refractivity contribution in [3.63, 3.8) is 0 Å². The van der Waals surface area contributed by atoms with Gasteiger partial charge in [-0.05, 0) is 43.7 Å². The van der Waals surface area contributed by atoms with Gasteiger partial charge in [-0.15, -0.1) is 0 Å². The smallest absolute Gasteiger partial charge is 0.260 e. The second-order valence-electron chi connectivity index (χ2n) is 7.26. The van der Waals surface area contributed by atoms with Crippen molar-refractivity contribution in [1.29, 1.82) is 0 Å². The summed E-state index contributed by atoms with van der Waals surface area (Å²) in [6.45, 7) is 4.83. The fourth-order valence-corrected chi connectivity index (χ4v) is 3.45. The van der Waals surface area contributed by atoms with Crippen molar-refractivity contribution in [2.24, 2.45) is 0 Å². The fraction of sp³-hybridized carbons (Fsp3) is 0.381. The standard InChI is InChI=1S/C21H22F4N2O2/c1-13-10-27(14(2)9-26(13)11-15-3-5-16(22)6-4-15)19(28)12-29-21-18(24)8-7-17(23)20(21)25/h3-8,13-14H,9-12H2,1-2H3/t13-,14+/m0/s1. The van der Waals surface area contributed by atoms with Gasteiger partial charge in [-0.1, -0.05) is 12.1 Å². The largest absolute Gasteiger partial charge is 0.478 e. The maximum Gasteiger partial charge on any atom is 0.260 e. The van der Waals surface area contributed by atoms with Gasteiger partial charge in [0, 0.05) is 31.7 Å². The molecule has 8 heteroatoms. The molecule has 0 aliphatic carbocycles. The Balaban J connectivity index is 1.60. The van der Waals surface area contributed by atoms with Crippen LogP contribution in [0.3, 0.4) is 0 Å². The maximum absolute atomic E-state index is 13.7. The number of hydrogen-bond donors (Lipinski definition) is 0. The number of ether oxygens (including phenoxy) is 1. The molecule has 1 aliphatic heterocycles. The molecule has 156 valence electrons. The highest BCUT2D eigenvalue weighted by molar-refractivity contribution is 5.78. The van der Waals surface area contributed by atoms with Crippen molar-refractivity contribution in [2.45, 2.75) is 32.5 Å². The van der Waals surface area contributed by atoms with E-state index in [4.69, 9.17) is 4.74 Å². The third-order valence-electron chi connectivity index (χ3n) is 5.08. The minimum absolute atomic E-state index is 0.0165. The summed E-state index contributed by atoms with van der Waals surface area (Å²) in [5.41, 5.74) is 0.964. The number of carbonyl (C=O) groups excluding carboxylic acids is 1. The lowest BCUT2D eigenvalue weighted by Crippen LogP contribution is -2.58. The summed E-state index contributed by atoms with van der Waals surface area (Å²) < 4.78 is 58.6. The van der Waals surface area contributed by atoms with E-state index in [2.05, 4.69) is 4.90 Å². The maximum atomic E-state index is 13.7. The molecule has 0 saturated carbocycles. The molecule has 29 heavy (non-hydrogen) atoms. The quantitative estimate of drug-likeness (QED) is 0.556. The second kappa shape index (κ2) is 8.82. The van der Waals surface area contributed by atoms with Gasteiger partial charge in [0.25, 0.3) is 5.91 Å². The van der Waals surface area contributed by atoms with Crippen LogP contribution in [0.15, 0.2) is 36.4 Å². The number of nitrogens with zero attached hydrogens (tertiary/aromatic N) is 2. The van der Waals surface area contributed by atoms with Gasteiger partial charge >= 0.3 is 0 Å². The van der Waals surface area contributed by atoms with Crippen LogP contribution < -0.4 is 4.74 Å². The number of carbonyl (C=O) groups is 1. The van der Waals surface area contributed by atoms with E-state index in [1.54, 1.807) is 17.0 Å². The molecule has 1 amide bonds. The van der Waals surface area contributed by atoms with E-state index in [0.29, 0.717) is 25.7 Å². The molecule has 1 saturated heterocycles. The lowest BCUT2D eigenvalue weighted by Gasteiger charge is -2.44. The first-order valence-electron chi connectivity index (χ1n) is 9.30. The van der Waals surface area contributed by atoms with Gasteiger partial charge in [0.05, 0.1) is 0 Å². The van der Waals surface area contributed by atoms with Crippen LogP contribution in [0.4, 0.5) is 17.6 Å². The van der Waals surface area contributed by atoms with Gasteiger partial charge in [0.1, 0.15) is 5.82 Å². The van der Waals surface area contributed by atoms with E-state index in [-0.39, 0.29) is 17.9 Å². The van der Waals surface area contributed by atoms with Gasteiger partial charge in [-0.25, -0.2) is 13.2 Å². The first-order valence-corrected chi connectivity index (χ1v) is 9.30. The number of benzene rings is 2. The molecule has 0 aromatic heterocycles. The molecule has 2 atom stereocenters. The average molecular weight is 410 g/mol. The number of amides is 1. The summed E-state index contributed by atoms with van der Waals surface area (Å²) in [5.74, 6) is -5.39. The van der Waals surface area contributed by atoms with Crippen LogP contribution in [0.5, 0.6) is 5.75 Å². The molecule has 0 N–H and O–H groups in total. The molecule has 3 rings (SSSR count). The van der Waals surface area contributed by atoms with Crippen LogP contribution >= 0.6 is 0 Å². The van der Waals surface area contributed by atoms with Crippen molar-refractivity contribution >= 4 is 5.91 Å². The highest BCUT2D eigenvalue weighted by Crippen LogP contribution is 2.24. The Labute approximate surface area is 166 Å². The molecule has 0 radical (unpaired) electrons. The average Bonchev–Trinajstić information content (AvgIpc) is 2.69. The fourth-order valence-electron chi connectivity index (χ4n) is 3.45. The summed E-state index contributed by atoms with van der Waals surface area (Å²) in [7, 11) is 0. The minimum atomic E-state index is -1.46. The number of hydrogen-bond acceptors (Lipinski definition) is 3. The van der Waals surface area contributed by atoms with Gasteiger partial charge in [-0.2, -0.15) is 4.39 Å². The van der Waals surface area contributed by atoms with E-state index in [0.717, 1.165) is 11.6 Å². The molecule has 0 bridgehead atoms. The van der Waals surface area contributed by atoms with E-state index >= 15 is 0 Å². The summed E-state index contributed by atoms with van der Waals surface area (Å²) in [6, 6.07) is 7.52. The highest BCUT2D eigenvalue weighted by atomic mass is 19.2. The number of rotatable bonds is 5. The van der Waals surface area contributed by atoms with Crippen LogP contribution in [0.25, 0.3) is 0 Å². The molecular formula is C21H22F4N2O2. The van der Waals surface area contributed by atoms with Gasteiger partial charge in [0.15, 0.2) is 24.0 Å². The molecule has 2 aromatic rings. The number of piperazine rings is 1. The molecule has 4 nitrogen and oxygen atoms in total. The first kappa shape index (κ1) is 21.1. The van der Waals surface area contributed by atoms with E-state index < -0.39 is 35.7 Å². The predicted octanol–water partition coefficient (Wildman–Crippen LogP) is 3.74. The monoisotopic (exact) mass is 410 g/mol.